The van der Waals surface area contributed by atoms with Gasteiger partial charge in [0.1, 0.15) is 0 Å². The van der Waals surface area contributed by atoms with Crippen LogP contribution in [0.25, 0.3) is 0 Å². The van der Waals surface area contributed by atoms with Crippen molar-refractivity contribution in [2.75, 3.05) is 5.48 Å². The molecule has 0 bridgehead atoms. The predicted molar refractivity (Wildman–Crippen MR) is 48.2 cm³/mol. The van der Waals surface area contributed by atoms with Crippen molar-refractivity contribution in [2.24, 2.45) is 0 Å². The lowest BCUT2D eigenvalue weighted by atomic mass is 10.2. The summed E-state index contributed by atoms with van der Waals surface area (Å²) >= 11 is 11.4. The molecular weight excluding hydrogens is 185 g/mol. The van der Waals surface area contributed by atoms with E-state index in [0.717, 1.165) is 5.56 Å². The molecule has 0 aromatic heterocycles. The number of aryl methyl sites for hydroxylation is 1. The summed E-state index contributed by atoms with van der Waals surface area (Å²) in [5, 5.41) is 11.0. The van der Waals surface area contributed by atoms with E-state index in [2.05, 4.69) is 0 Å². The highest BCUT2D eigenvalue weighted by atomic mass is 35.5. The third-order valence-corrected chi connectivity index (χ3v) is 2.19. The number of hydrogen-bond donors (Lipinski definition) is 1. The Hall–Kier alpha value is -0.440. The molecule has 0 aliphatic heterocycles. The summed E-state index contributed by atoms with van der Waals surface area (Å²) < 4.78 is 0. The van der Waals surface area contributed by atoms with Crippen LogP contribution in [0.15, 0.2) is 12.1 Å². The Morgan fingerprint density at radius 3 is 2.45 bits per heavy atom. The maximum Gasteiger partial charge on any atom is 0.0674 e. The van der Waals surface area contributed by atoms with Crippen LogP contribution in [0.2, 0.25) is 10.0 Å². The third-order valence-electron chi connectivity index (χ3n) is 1.39. The number of nitrogens with one attached hydrogen (secondary N) is 1. The Labute approximate surface area is 74.7 Å². The van der Waals surface area contributed by atoms with Crippen LogP contribution >= 0.6 is 23.2 Å². The zero-order chi connectivity index (χ0) is 8.43. The van der Waals surface area contributed by atoms with Gasteiger partial charge in [0.05, 0.1) is 15.7 Å². The SMILES string of the molecule is Cc1ccc(Cl)c(N[O-])c1Cl. The molecular formula is C7H6Cl2NO-. The van der Waals surface area contributed by atoms with Gasteiger partial charge in [-0.3, -0.25) is 0 Å². The summed E-state index contributed by atoms with van der Waals surface area (Å²) in [5.41, 5.74) is 2.76. The van der Waals surface area contributed by atoms with Crippen LogP contribution in [0, 0.1) is 12.1 Å². The lowest BCUT2D eigenvalue weighted by molar-refractivity contribution is 1.46. The Kier molecular flexibility index (Phi) is 2.60. The molecule has 2 nitrogen and oxygen atoms in total. The second kappa shape index (κ2) is 3.30. The summed E-state index contributed by atoms with van der Waals surface area (Å²) in [6.07, 6.45) is 0. The monoisotopic (exact) mass is 190 g/mol. The topological polar surface area (TPSA) is 35.1 Å². The van der Waals surface area contributed by atoms with Gasteiger partial charge in [0, 0.05) is 0 Å². The third kappa shape index (κ3) is 1.59. The maximum atomic E-state index is 10.3. The van der Waals surface area contributed by atoms with Gasteiger partial charge in [0.2, 0.25) is 0 Å². The van der Waals surface area contributed by atoms with Gasteiger partial charge in [0.15, 0.2) is 0 Å². The van der Waals surface area contributed by atoms with Crippen molar-refractivity contribution in [1.82, 2.24) is 0 Å². The number of rotatable bonds is 1. The predicted octanol–water partition coefficient (Wildman–Crippen LogP) is 3.21. The summed E-state index contributed by atoms with van der Waals surface area (Å²) in [7, 11) is 0. The molecule has 1 N–H and O–H groups in total. The normalized spacial score (nSPS) is 9.82. The molecule has 0 saturated heterocycles. The van der Waals surface area contributed by atoms with Crippen molar-refractivity contribution in [3.8, 4) is 0 Å². The van der Waals surface area contributed by atoms with Gasteiger partial charge in [-0.2, -0.15) is 0 Å². The number of halogens is 2. The van der Waals surface area contributed by atoms with Crippen LogP contribution in [0.5, 0.6) is 0 Å². The molecule has 0 saturated carbocycles. The van der Waals surface area contributed by atoms with Gasteiger partial charge in [-0.05, 0) is 18.6 Å². The van der Waals surface area contributed by atoms with Crippen molar-refractivity contribution < 1.29 is 0 Å². The molecule has 11 heavy (non-hydrogen) atoms. The lowest BCUT2D eigenvalue weighted by Gasteiger charge is -2.14. The fourth-order valence-corrected chi connectivity index (χ4v) is 1.20. The fraction of sp³-hybridized carbons (Fsp3) is 0.143. The standard InChI is InChI=1S/C7H6Cl2NO/c1-4-2-3-5(8)7(10-11)6(4)9/h2-3,10H,1H3/q-1. The highest BCUT2D eigenvalue weighted by Crippen LogP contribution is 2.32. The number of benzene rings is 1. The zero-order valence-electron chi connectivity index (χ0n) is 5.82. The molecule has 60 valence electrons. The minimum absolute atomic E-state index is 0.244. The van der Waals surface area contributed by atoms with Gasteiger partial charge in [-0.25, -0.2) is 0 Å². The first-order valence-electron chi connectivity index (χ1n) is 2.99. The second-order valence-corrected chi connectivity index (χ2v) is 2.94. The van der Waals surface area contributed by atoms with E-state index in [1.165, 1.54) is 0 Å². The van der Waals surface area contributed by atoms with E-state index in [1.807, 2.05) is 0 Å². The van der Waals surface area contributed by atoms with E-state index in [9.17, 15) is 5.21 Å². The van der Waals surface area contributed by atoms with Crippen LogP contribution in [-0.4, -0.2) is 0 Å². The van der Waals surface area contributed by atoms with Crippen LogP contribution in [0.4, 0.5) is 5.69 Å². The first-order chi connectivity index (χ1) is 5.16. The molecule has 0 unspecified atom stereocenters. The molecule has 1 rings (SSSR count). The van der Waals surface area contributed by atoms with Gasteiger partial charge in [-0.1, -0.05) is 29.3 Å². The molecule has 0 heterocycles. The second-order valence-electron chi connectivity index (χ2n) is 2.16. The summed E-state index contributed by atoms with van der Waals surface area (Å²) in [6.45, 7) is 1.81. The summed E-state index contributed by atoms with van der Waals surface area (Å²) in [4.78, 5) is 0. The van der Waals surface area contributed by atoms with Crippen LogP contribution in [0.1, 0.15) is 5.56 Å². The summed E-state index contributed by atoms with van der Waals surface area (Å²) in [5.74, 6) is 0. The Morgan fingerprint density at radius 1 is 1.36 bits per heavy atom. The van der Waals surface area contributed by atoms with Crippen molar-refractivity contribution in [3.05, 3.63) is 32.9 Å². The minimum Gasteiger partial charge on any atom is -0.761 e. The molecule has 4 heteroatoms. The molecule has 0 aliphatic rings. The average Bonchev–Trinajstić information content (AvgIpc) is 1.99. The molecule has 0 spiro atoms. The van der Waals surface area contributed by atoms with Crippen molar-refractivity contribution in [1.29, 1.82) is 0 Å². The minimum atomic E-state index is 0.244. The molecule has 1 aromatic rings. The van der Waals surface area contributed by atoms with E-state index in [0.29, 0.717) is 10.0 Å². The van der Waals surface area contributed by atoms with E-state index in [-0.39, 0.29) is 5.69 Å². The quantitative estimate of drug-likeness (QED) is 0.691. The van der Waals surface area contributed by atoms with E-state index >= 15 is 0 Å². The van der Waals surface area contributed by atoms with Gasteiger partial charge in [-0.15, -0.1) is 0 Å². The Bertz CT molecular complexity index is 275. The molecule has 0 fully saturated rings. The highest BCUT2D eigenvalue weighted by Gasteiger charge is 2.03. The first kappa shape index (κ1) is 8.65. The van der Waals surface area contributed by atoms with Gasteiger partial charge in [0.25, 0.3) is 0 Å². The average molecular weight is 191 g/mol. The van der Waals surface area contributed by atoms with Crippen molar-refractivity contribution in [3.63, 3.8) is 0 Å². The fourth-order valence-electron chi connectivity index (χ4n) is 0.750. The van der Waals surface area contributed by atoms with Gasteiger partial charge >= 0.3 is 0 Å². The highest BCUT2D eigenvalue weighted by molar-refractivity contribution is 6.39. The lowest BCUT2D eigenvalue weighted by Crippen LogP contribution is -1.89. The Morgan fingerprint density at radius 2 is 2.00 bits per heavy atom. The first-order valence-corrected chi connectivity index (χ1v) is 3.75. The smallest absolute Gasteiger partial charge is 0.0674 e. The van der Waals surface area contributed by atoms with Crippen LogP contribution in [-0.2, 0) is 0 Å². The summed E-state index contributed by atoms with van der Waals surface area (Å²) in [6, 6.07) is 3.38. The van der Waals surface area contributed by atoms with E-state index < -0.39 is 0 Å². The molecule has 1 aromatic carbocycles. The Balaban J connectivity index is 3.29. The van der Waals surface area contributed by atoms with E-state index in [4.69, 9.17) is 23.2 Å². The molecule has 0 aliphatic carbocycles. The van der Waals surface area contributed by atoms with E-state index in [1.54, 1.807) is 24.5 Å². The zero-order valence-corrected chi connectivity index (χ0v) is 7.33. The molecule has 0 amide bonds. The van der Waals surface area contributed by atoms with Crippen molar-refractivity contribution in [2.45, 2.75) is 6.92 Å². The van der Waals surface area contributed by atoms with Crippen molar-refractivity contribution >= 4 is 28.9 Å². The van der Waals surface area contributed by atoms with Crippen LogP contribution in [0.3, 0.4) is 0 Å². The van der Waals surface area contributed by atoms with Crippen LogP contribution < -0.4 is 5.48 Å². The molecule has 0 radical (unpaired) electrons. The van der Waals surface area contributed by atoms with Gasteiger partial charge < -0.3 is 10.7 Å². The maximum absolute atomic E-state index is 10.3. The number of anilines is 1. The molecule has 0 atom stereocenters. The largest absolute Gasteiger partial charge is 0.761 e. The number of hydrogen-bond acceptors (Lipinski definition) is 2.